The number of nitrogens with zero attached hydrogens (tertiary/aromatic N) is 3. The molecular weight excluding hydrogens is 280 g/mol. The van der Waals surface area contributed by atoms with Gasteiger partial charge in [0.15, 0.2) is 0 Å². The molecule has 2 heterocycles. The minimum atomic E-state index is -0.282. The van der Waals surface area contributed by atoms with Gasteiger partial charge in [-0.3, -0.25) is 9.59 Å². The maximum Gasteiger partial charge on any atom is 0.291 e. The van der Waals surface area contributed by atoms with Crippen LogP contribution in [0.4, 0.5) is 0 Å². The molecule has 3 aromatic rings. The molecule has 2 aromatic heterocycles. The predicted octanol–water partition coefficient (Wildman–Crippen LogP) is 1.37. The van der Waals surface area contributed by atoms with Crippen molar-refractivity contribution < 1.29 is 4.79 Å². The molecule has 0 saturated heterocycles. The third-order valence-corrected chi connectivity index (χ3v) is 3.52. The lowest BCUT2D eigenvalue weighted by Gasteiger charge is -2.14. The van der Waals surface area contributed by atoms with E-state index >= 15 is 0 Å². The second-order valence-corrected chi connectivity index (χ2v) is 5.09. The zero-order chi connectivity index (χ0) is 15.5. The van der Waals surface area contributed by atoms with Crippen LogP contribution in [0.1, 0.15) is 18.5 Å². The fraction of sp³-hybridized carbons (Fsp3) is 0.188. The van der Waals surface area contributed by atoms with Gasteiger partial charge in [-0.1, -0.05) is 30.3 Å². The first-order valence-corrected chi connectivity index (χ1v) is 7.02. The molecule has 3 rings (SSSR count). The highest BCUT2D eigenvalue weighted by molar-refractivity contribution is 5.76. The molecular formula is C16H16N4O2. The third kappa shape index (κ3) is 2.76. The highest BCUT2D eigenvalue weighted by Crippen LogP contribution is 2.10. The zero-order valence-corrected chi connectivity index (χ0v) is 12.1. The first-order chi connectivity index (χ1) is 10.6. The molecule has 0 spiro atoms. The number of benzene rings is 1. The molecule has 6 heteroatoms. The predicted molar refractivity (Wildman–Crippen MR) is 82.5 cm³/mol. The molecule has 0 aliphatic heterocycles. The average Bonchev–Trinajstić information content (AvgIpc) is 3.00. The summed E-state index contributed by atoms with van der Waals surface area (Å²) in [5, 5.41) is 6.87. The molecule has 22 heavy (non-hydrogen) atoms. The van der Waals surface area contributed by atoms with Crippen LogP contribution in [0.5, 0.6) is 0 Å². The van der Waals surface area contributed by atoms with Crippen molar-refractivity contribution in [2.24, 2.45) is 0 Å². The van der Waals surface area contributed by atoms with Crippen molar-refractivity contribution >= 4 is 11.4 Å². The van der Waals surface area contributed by atoms with Gasteiger partial charge in [0.1, 0.15) is 18.4 Å². The van der Waals surface area contributed by atoms with Crippen molar-refractivity contribution in [3.63, 3.8) is 0 Å². The second-order valence-electron chi connectivity index (χ2n) is 5.09. The fourth-order valence-corrected chi connectivity index (χ4v) is 2.34. The van der Waals surface area contributed by atoms with E-state index in [2.05, 4.69) is 10.4 Å². The van der Waals surface area contributed by atoms with Crippen molar-refractivity contribution in [3.05, 3.63) is 70.9 Å². The van der Waals surface area contributed by atoms with Crippen molar-refractivity contribution in [2.75, 3.05) is 0 Å². The number of nitrogens with one attached hydrogen (secondary N) is 1. The molecule has 1 N–H and O–H groups in total. The van der Waals surface area contributed by atoms with Gasteiger partial charge in [-0.2, -0.15) is 5.10 Å². The number of fused-ring (bicyclic) bond motifs is 1. The summed E-state index contributed by atoms with van der Waals surface area (Å²) in [5.41, 5.74) is 1.23. The van der Waals surface area contributed by atoms with Crippen LogP contribution in [-0.4, -0.2) is 20.1 Å². The van der Waals surface area contributed by atoms with Gasteiger partial charge in [-0.05, 0) is 24.6 Å². The number of hydrogen-bond donors (Lipinski definition) is 1. The average molecular weight is 296 g/mol. The molecule has 0 saturated carbocycles. The molecule has 1 amide bonds. The molecule has 6 nitrogen and oxygen atoms in total. The fourth-order valence-electron chi connectivity index (χ4n) is 2.34. The van der Waals surface area contributed by atoms with Gasteiger partial charge < -0.3 is 9.72 Å². The zero-order valence-electron chi connectivity index (χ0n) is 12.1. The summed E-state index contributed by atoms with van der Waals surface area (Å²) in [6.07, 6.45) is 3.26. The van der Waals surface area contributed by atoms with Gasteiger partial charge in [-0.25, -0.2) is 4.68 Å². The molecule has 1 aromatic carbocycles. The van der Waals surface area contributed by atoms with Crippen molar-refractivity contribution in [1.29, 1.82) is 0 Å². The number of aromatic nitrogens is 3. The van der Waals surface area contributed by atoms with Gasteiger partial charge in [0.25, 0.3) is 5.56 Å². The maximum atomic E-state index is 12.2. The van der Waals surface area contributed by atoms with E-state index in [9.17, 15) is 9.59 Å². The summed E-state index contributed by atoms with van der Waals surface area (Å²) in [4.78, 5) is 24.3. The van der Waals surface area contributed by atoms with Gasteiger partial charge in [0.2, 0.25) is 5.91 Å². The SMILES string of the molecule is CC(NC(=O)Cn1ncn2cccc2c1=O)c1ccccc1. The van der Waals surface area contributed by atoms with Crippen LogP contribution in [-0.2, 0) is 11.3 Å². The van der Waals surface area contributed by atoms with Gasteiger partial charge in [0.05, 0.1) is 6.04 Å². The number of amides is 1. The smallest absolute Gasteiger partial charge is 0.291 e. The van der Waals surface area contributed by atoms with Gasteiger partial charge in [-0.15, -0.1) is 0 Å². The largest absolute Gasteiger partial charge is 0.348 e. The standard InChI is InChI=1S/C16H16N4O2/c1-12(13-6-3-2-4-7-13)18-15(21)10-20-16(22)14-8-5-9-19(14)11-17-20/h2-9,11-12H,10H2,1H3,(H,18,21). The molecule has 1 atom stereocenters. The Morgan fingerprint density at radius 3 is 2.77 bits per heavy atom. The van der Waals surface area contributed by atoms with Crippen LogP contribution in [0.3, 0.4) is 0 Å². The van der Waals surface area contributed by atoms with Crippen LogP contribution >= 0.6 is 0 Å². The first kappa shape index (κ1) is 14.1. The van der Waals surface area contributed by atoms with Crippen LogP contribution in [0, 0.1) is 0 Å². The normalized spacial score (nSPS) is 12.2. The Labute approximate surface area is 127 Å². The lowest BCUT2D eigenvalue weighted by molar-refractivity contribution is -0.122. The Kier molecular flexibility index (Phi) is 3.74. The van der Waals surface area contributed by atoms with Crippen molar-refractivity contribution in [1.82, 2.24) is 19.5 Å². The summed E-state index contributed by atoms with van der Waals surface area (Å²) in [5.74, 6) is -0.248. The minimum Gasteiger partial charge on any atom is -0.348 e. The molecule has 1 unspecified atom stereocenters. The van der Waals surface area contributed by atoms with Crippen LogP contribution in [0.15, 0.2) is 59.8 Å². The van der Waals surface area contributed by atoms with E-state index in [0.717, 1.165) is 5.56 Å². The van der Waals surface area contributed by atoms with E-state index in [-0.39, 0.29) is 24.1 Å². The summed E-state index contributed by atoms with van der Waals surface area (Å²) in [6, 6.07) is 13.0. The Hall–Kier alpha value is -2.89. The number of hydrogen-bond acceptors (Lipinski definition) is 3. The Morgan fingerprint density at radius 1 is 1.23 bits per heavy atom. The Morgan fingerprint density at radius 2 is 2.00 bits per heavy atom. The third-order valence-electron chi connectivity index (χ3n) is 3.52. The van der Waals surface area contributed by atoms with Crippen molar-refractivity contribution in [2.45, 2.75) is 19.5 Å². The van der Waals surface area contributed by atoms with E-state index in [1.165, 1.54) is 11.0 Å². The summed E-state index contributed by atoms with van der Waals surface area (Å²) in [7, 11) is 0. The maximum absolute atomic E-state index is 12.2. The Balaban J connectivity index is 1.73. The minimum absolute atomic E-state index is 0.0995. The monoisotopic (exact) mass is 296 g/mol. The van der Waals surface area contributed by atoms with Crippen molar-refractivity contribution in [3.8, 4) is 0 Å². The van der Waals surface area contributed by atoms with E-state index in [1.807, 2.05) is 37.3 Å². The van der Waals surface area contributed by atoms with Crippen LogP contribution < -0.4 is 10.9 Å². The van der Waals surface area contributed by atoms with E-state index in [0.29, 0.717) is 5.52 Å². The van der Waals surface area contributed by atoms with Gasteiger partial charge in [0, 0.05) is 6.20 Å². The highest BCUT2D eigenvalue weighted by atomic mass is 16.2. The molecule has 0 aliphatic rings. The molecule has 0 bridgehead atoms. The lowest BCUT2D eigenvalue weighted by Crippen LogP contribution is -2.35. The number of carbonyl (C=O) groups excluding carboxylic acids is 1. The van der Waals surface area contributed by atoms with Gasteiger partial charge >= 0.3 is 0 Å². The topological polar surface area (TPSA) is 68.4 Å². The van der Waals surface area contributed by atoms with Crippen LogP contribution in [0.2, 0.25) is 0 Å². The Bertz CT molecular complexity index is 851. The molecule has 0 radical (unpaired) electrons. The van der Waals surface area contributed by atoms with E-state index in [1.54, 1.807) is 22.7 Å². The highest BCUT2D eigenvalue weighted by Gasteiger charge is 2.12. The number of carbonyl (C=O) groups is 1. The molecule has 112 valence electrons. The molecule has 0 aliphatic carbocycles. The number of rotatable bonds is 4. The van der Waals surface area contributed by atoms with E-state index in [4.69, 9.17) is 0 Å². The second kappa shape index (κ2) is 5.85. The lowest BCUT2D eigenvalue weighted by atomic mass is 10.1. The van der Waals surface area contributed by atoms with E-state index < -0.39 is 0 Å². The summed E-state index contributed by atoms with van der Waals surface area (Å²) >= 11 is 0. The first-order valence-electron chi connectivity index (χ1n) is 7.02. The summed E-state index contributed by atoms with van der Waals surface area (Å²) < 4.78 is 2.80. The van der Waals surface area contributed by atoms with Crippen LogP contribution in [0.25, 0.3) is 5.52 Å². The molecule has 0 fully saturated rings. The summed E-state index contributed by atoms with van der Waals surface area (Å²) in [6.45, 7) is 1.80. The quantitative estimate of drug-likeness (QED) is 0.790.